The van der Waals surface area contributed by atoms with Gasteiger partial charge in [-0.05, 0) is 69.9 Å². The second-order valence-electron chi connectivity index (χ2n) is 10.8. The monoisotopic (exact) mass is 489 g/mol. The van der Waals surface area contributed by atoms with Gasteiger partial charge in [0.25, 0.3) is 5.56 Å². The highest BCUT2D eigenvalue weighted by molar-refractivity contribution is 5.93. The largest absolute Gasteiger partial charge is 0.497 e. The average molecular weight is 490 g/mol. The Morgan fingerprint density at radius 3 is 2.53 bits per heavy atom. The Labute approximate surface area is 211 Å². The van der Waals surface area contributed by atoms with Crippen molar-refractivity contribution in [3.05, 3.63) is 70.1 Å². The molecule has 0 aliphatic heterocycles. The smallest absolute Gasteiger partial charge is 0.276 e. The van der Waals surface area contributed by atoms with E-state index in [0.29, 0.717) is 11.9 Å². The van der Waals surface area contributed by atoms with E-state index in [0.717, 1.165) is 53.3 Å². The first-order valence-electron chi connectivity index (χ1n) is 12.5. The van der Waals surface area contributed by atoms with Crippen LogP contribution in [0, 0.1) is 0 Å². The zero-order chi connectivity index (χ0) is 25.6. The predicted molar refractivity (Wildman–Crippen MR) is 142 cm³/mol. The molecular weight excluding hydrogens is 454 g/mol. The molecular formula is C28H35N5O3. The SMILES string of the molecule is COc1ccc(Cn2c(=O)c3c(Nc4cc([C@H]5CC[C@@H](O)C5)nn4C(C)(C)C)cccc3n2C)cc1. The number of methoxy groups -OCH3 is 1. The number of fused-ring (bicyclic) bond motifs is 1. The Hall–Kier alpha value is -3.52. The zero-order valence-electron chi connectivity index (χ0n) is 21.7. The van der Waals surface area contributed by atoms with Gasteiger partial charge in [0, 0.05) is 19.0 Å². The summed E-state index contributed by atoms with van der Waals surface area (Å²) in [6.45, 7) is 6.80. The highest BCUT2D eigenvalue weighted by Crippen LogP contribution is 2.37. The van der Waals surface area contributed by atoms with Crippen molar-refractivity contribution in [2.45, 2.75) is 64.1 Å². The number of aliphatic hydroxyl groups excluding tert-OH is 1. The van der Waals surface area contributed by atoms with Gasteiger partial charge in [0.2, 0.25) is 0 Å². The molecule has 1 aliphatic rings. The van der Waals surface area contributed by atoms with Gasteiger partial charge >= 0.3 is 0 Å². The van der Waals surface area contributed by atoms with E-state index in [-0.39, 0.29) is 23.1 Å². The molecule has 8 heteroatoms. The van der Waals surface area contributed by atoms with Crippen LogP contribution in [0.2, 0.25) is 0 Å². The lowest BCUT2D eigenvalue weighted by Crippen LogP contribution is -2.25. The van der Waals surface area contributed by atoms with Crippen LogP contribution in [0.25, 0.3) is 10.9 Å². The minimum absolute atomic E-state index is 0.0487. The Morgan fingerprint density at radius 1 is 1.14 bits per heavy atom. The normalized spacial score (nSPS) is 18.2. The van der Waals surface area contributed by atoms with Crippen molar-refractivity contribution in [2.24, 2.45) is 7.05 Å². The van der Waals surface area contributed by atoms with E-state index in [1.807, 2.05) is 58.9 Å². The van der Waals surface area contributed by atoms with Crippen molar-refractivity contribution in [1.82, 2.24) is 19.1 Å². The lowest BCUT2D eigenvalue weighted by molar-refractivity contribution is 0.181. The van der Waals surface area contributed by atoms with Crippen LogP contribution in [0.4, 0.5) is 11.5 Å². The number of benzene rings is 2. The molecule has 36 heavy (non-hydrogen) atoms. The molecule has 2 aromatic heterocycles. The van der Waals surface area contributed by atoms with Gasteiger partial charge in [0.1, 0.15) is 11.6 Å². The summed E-state index contributed by atoms with van der Waals surface area (Å²) in [4.78, 5) is 13.6. The Balaban J connectivity index is 1.53. The summed E-state index contributed by atoms with van der Waals surface area (Å²) in [5, 5.41) is 19.2. The van der Waals surface area contributed by atoms with Crippen molar-refractivity contribution in [1.29, 1.82) is 0 Å². The van der Waals surface area contributed by atoms with Crippen LogP contribution in [0.5, 0.6) is 5.75 Å². The molecule has 1 saturated carbocycles. The van der Waals surface area contributed by atoms with Gasteiger partial charge < -0.3 is 15.2 Å². The molecule has 0 spiro atoms. The Bertz CT molecular complexity index is 1440. The van der Waals surface area contributed by atoms with Crippen LogP contribution in [-0.4, -0.2) is 37.5 Å². The number of anilines is 2. The maximum Gasteiger partial charge on any atom is 0.276 e. The molecule has 1 aliphatic carbocycles. The Morgan fingerprint density at radius 2 is 1.89 bits per heavy atom. The van der Waals surface area contributed by atoms with Crippen LogP contribution in [0.15, 0.2) is 53.3 Å². The van der Waals surface area contributed by atoms with Crippen LogP contribution in [0.1, 0.15) is 57.2 Å². The van der Waals surface area contributed by atoms with E-state index in [1.54, 1.807) is 11.8 Å². The molecule has 2 atom stereocenters. The van der Waals surface area contributed by atoms with Crippen molar-refractivity contribution >= 4 is 22.4 Å². The van der Waals surface area contributed by atoms with E-state index < -0.39 is 0 Å². The standard InChI is InChI=1S/C28H35N5O3/c1-28(2,3)33-25(16-23(30-33)19-11-12-20(34)15-19)29-22-7-6-8-24-26(22)27(35)32(31(24)4)17-18-9-13-21(36-5)14-10-18/h6-10,13-14,16,19-20,29,34H,11-12,15,17H2,1-5H3/t19-,20+/m0/s1. The maximum absolute atomic E-state index is 13.6. The quantitative estimate of drug-likeness (QED) is 0.409. The molecule has 2 heterocycles. The lowest BCUT2D eigenvalue weighted by atomic mass is 10.0. The van der Waals surface area contributed by atoms with Crippen molar-refractivity contribution in [3.8, 4) is 5.75 Å². The molecule has 1 fully saturated rings. The van der Waals surface area contributed by atoms with Crippen molar-refractivity contribution in [3.63, 3.8) is 0 Å². The number of nitrogens with one attached hydrogen (secondary N) is 1. The van der Waals surface area contributed by atoms with Gasteiger partial charge in [0.05, 0.1) is 47.6 Å². The molecule has 2 aromatic carbocycles. The van der Waals surface area contributed by atoms with Gasteiger partial charge in [-0.1, -0.05) is 18.2 Å². The van der Waals surface area contributed by atoms with Crippen LogP contribution < -0.4 is 15.6 Å². The number of rotatable bonds is 6. The molecule has 5 rings (SSSR count). The molecule has 0 saturated heterocycles. The molecule has 4 aromatic rings. The maximum atomic E-state index is 13.6. The summed E-state index contributed by atoms with van der Waals surface area (Å²) < 4.78 is 10.9. The fourth-order valence-electron chi connectivity index (χ4n) is 5.18. The summed E-state index contributed by atoms with van der Waals surface area (Å²) >= 11 is 0. The highest BCUT2D eigenvalue weighted by Gasteiger charge is 2.29. The minimum atomic E-state index is -0.256. The topological polar surface area (TPSA) is 86.2 Å². The van der Waals surface area contributed by atoms with Gasteiger partial charge in [0.15, 0.2) is 0 Å². The first kappa shape index (κ1) is 24.2. The van der Waals surface area contributed by atoms with Crippen LogP contribution in [-0.2, 0) is 19.1 Å². The molecule has 0 unspecified atom stereocenters. The number of aryl methyl sites for hydroxylation is 1. The van der Waals surface area contributed by atoms with Gasteiger partial charge in [-0.15, -0.1) is 0 Å². The lowest BCUT2D eigenvalue weighted by Gasteiger charge is -2.23. The second kappa shape index (κ2) is 9.17. The third-order valence-electron chi connectivity index (χ3n) is 7.14. The molecule has 8 nitrogen and oxygen atoms in total. The summed E-state index contributed by atoms with van der Waals surface area (Å²) in [5.74, 6) is 1.88. The summed E-state index contributed by atoms with van der Waals surface area (Å²) in [6, 6.07) is 15.7. The number of aliphatic hydroxyl groups is 1. The van der Waals surface area contributed by atoms with E-state index in [1.165, 1.54) is 0 Å². The molecule has 2 N–H and O–H groups in total. The van der Waals surface area contributed by atoms with Gasteiger partial charge in [-0.3, -0.25) is 9.48 Å². The summed E-state index contributed by atoms with van der Waals surface area (Å²) in [6.07, 6.45) is 2.23. The first-order chi connectivity index (χ1) is 17.2. The average Bonchev–Trinajstić information content (AvgIpc) is 3.53. The van der Waals surface area contributed by atoms with E-state index >= 15 is 0 Å². The summed E-state index contributed by atoms with van der Waals surface area (Å²) in [5.41, 5.74) is 3.32. The fraction of sp³-hybridized carbons (Fsp3) is 0.429. The third-order valence-corrected chi connectivity index (χ3v) is 7.14. The van der Waals surface area contributed by atoms with Crippen molar-refractivity contribution in [2.75, 3.05) is 12.4 Å². The predicted octanol–water partition coefficient (Wildman–Crippen LogP) is 4.72. The molecule has 0 bridgehead atoms. The van der Waals surface area contributed by atoms with Gasteiger partial charge in [-0.2, -0.15) is 5.10 Å². The number of aromatic nitrogens is 4. The Kier molecular flexibility index (Phi) is 6.16. The summed E-state index contributed by atoms with van der Waals surface area (Å²) in [7, 11) is 3.56. The minimum Gasteiger partial charge on any atom is -0.497 e. The van der Waals surface area contributed by atoms with Crippen LogP contribution in [0.3, 0.4) is 0 Å². The second-order valence-corrected chi connectivity index (χ2v) is 10.8. The van der Waals surface area contributed by atoms with E-state index in [2.05, 4.69) is 32.2 Å². The number of nitrogens with zero attached hydrogens (tertiary/aromatic N) is 4. The highest BCUT2D eigenvalue weighted by atomic mass is 16.5. The third kappa shape index (κ3) is 4.41. The fourth-order valence-corrected chi connectivity index (χ4v) is 5.18. The molecule has 190 valence electrons. The van der Waals surface area contributed by atoms with E-state index in [4.69, 9.17) is 9.84 Å². The van der Waals surface area contributed by atoms with Crippen molar-refractivity contribution < 1.29 is 9.84 Å². The number of ether oxygens (including phenoxy) is 1. The van der Waals surface area contributed by atoms with E-state index in [9.17, 15) is 9.90 Å². The zero-order valence-corrected chi connectivity index (χ0v) is 21.7. The van der Waals surface area contributed by atoms with Gasteiger partial charge in [-0.25, -0.2) is 9.36 Å². The van der Waals surface area contributed by atoms with Crippen LogP contribution >= 0.6 is 0 Å². The molecule has 0 amide bonds. The first-order valence-corrected chi connectivity index (χ1v) is 12.5. The number of hydrogen-bond donors (Lipinski definition) is 2. The number of hydrogen-bond acceptors (Lipinski definition) is 5. The molecule has 0 radical (unpaired) electrons.